The molecule has 0 aliphatic carbocycles. The average Bonchev–Trinajstić information content (AvgIpc) is 2.51. The number of amides is 1. The van der Waals surface area contributed by atoms with E-state index in [4.69, 9.17) is 16.3 Å². The third-order valence-corrected chi connectivity index (χ3v) is 4.70. The van der Waals surface area contributed by atoms with Crippen LogP contribution in [0, 0.1) is 6.92 Å². The van der Waals surface area contributed by atoms with E-state index >= 15 is 0 Å². The topological polar surface area (TPSA) is 38.3 Å². The SMILES string of the molecule is Cc1ccc(NC(=O)CSCCOc2ccc(Br)cc2)c(Cl)c1. The average molecular weight is 415 g/mol. The van der Waals surface area contributed by atoms with Gasteiger partial charge >= 0.3 is 0 Å². The van der Waals surface area contributed by atoms with E-state index in [1.165, 1.54) is 11.8 Å². The number of benzene rings is 2. The van der Waals surface area contributed by atoms with Crippen LogP contribution in [-0.2, 0) is 4.79 Å². The van der Waals surface area contributed by atoms with Crippen molar-refractivity contribution in [1.29, 1.82) is 0 Å². The van der Waals surface area contributed by atoms with E-state index in [1.807, 2.05) is 49.4 Å². The lowest BCUT2D eigenvalue weighted by molar-refractivity contribution is -0.113. The molecule has 0 fully saturated rings. The van der Waals surface area contributed by atoms with Crippen LogP contribution in [0.3, 0.4) is 0 Å². The highest BCUT2D eigenvalue weighted by Gasteiger charge is 2.06. The molecule has 122 valence electrons. The zero-order valence-corrected chi connectivity index (χ0v) is 15.8. The van der Waals surface area contributed by atoms with Crippen molar-refractivity contribution in [3.05, 3.63) is 57.5 Å². The maximum absolute atomic E-state index is 11.9. The van der Waals surface area contributed by atoms with Gasteiger partial charge in [-0.2, -0.15) is 0 Å². The Morgan fingerprint density at radius 2 is 2.00 bits per heavy atom. The molecular weight excluding hydrogens is 398 g/mol. The van der Waals surface area contributed by atoms with Crippen LogP contribution in [0.2, 0.25) is 5.02 Å². The molecule has 0 radical (unpaired) electrons. The second kappa shape index (κ2) is 9.21. The molecule has 2 aromatic rings. The summed E-state index contributed by atoms with van der Waals surface area (Å²) in [6, 6.07) is 13.2. The maximum Gasteiger partial charge on any atom is 0.234 e. The number of thioether (sulfide) groups is 1. The van der Waals surface area contributed by atoms with Crippen molar-refractivity contribution in [2.45, 2.75) is 6.92 Å². The van der Waals surface area contributed by atoms with Crippen LogP contribution in [0.4, 0.5) is 5.69 Å². The minimum Gasteiger partial charge on any atom is -0.493 e. The van der Waals surface area contributed by atoms with Gasteiger partial charge < -0.3 is 10.1 Å². The Bertz CT molecular complexity index is 664. The molecule has 0 aromatic heterocycles. The van der Waals surface area contributed by atoms with Crippen molar-refractivity contribution < 1.29 is 9.53 Å². The molecule has 0 heterocycles. The highest BCUT2D eigenvalue weighted by atomic mass is 79.9. The smallest absolute Gasteiger partial charge is 0.234 e. The van der Waals surface area contributed by atoms with Crippen LogP contribution in [-0.4, -0.2) is 24.0 Å². The highest BCUT2D eigenvalue weighted by molar-refractivity contribution is 9.10. The van der Waals surface area contributed by atoms with Gasteiger partial charge in [-0.3, -0.25) is 4.79 Å². The van der Waals surface area contributed by atoms with Gasteiger partial charge in [0.2, 0.25) is 5.91 Å². The fourth-order valence-corrected chi connectivity index (χ4v) is 2.97. The third kappa shape index (κ3) is 6.45. The van der Waals surface area contributed by atoms with Crippen LogP contribution in [0.1, 0.15) is 5.56 Å². The summed E-state index contributed by atoms with van der Waals surface area (Å²) >= 11 is 11.0. The molecular formula is C17H17BrClNO2S. The molecule has 0 spiro atoms. The Morgan fingerprint density at radius 1 is 1.26 bits per heavy atom. The quantitative estimate of drug-likeness (QED) is 0.636. The van der Waals surface area contributed by atoms with Crippen LogP contribution in [0.25, 0.3) is 0 Å². The summed E-state index contributed by atoms with van der Waals surface area (Å²) < 4.78 is 6.62. The largest absolute Gasteiger partial charge is 0.493 e. The van der Waals surface area contributed by atoms with Crippen molar-refractivity contribution in [3.8, 4) is 5.75 Å². The van der Waals surface area contributed by atoms with Gasteiger partial charge in [0.25, 0.3) is 0 Å². The molecule has 0 bridgehead atoms. The third-order valence-electron chi connectivity index (χ3n) is 2.94. The van der Waals surface area contributed by atoms with E-state index in [0.29, 0.717) is 23.1 Å². The van der Waals surface area contributed by atoms with Crippen molar-refractivity contribution >= 4 is 50.9 Å². The van der Waals surface area contributed by atoms with Crippen LogP contribution >= 0.6 is 39.3 Å². The van der Waals surface area contributed by atoms with Gasteiger partial charge in [0.15, 0.2) is 0 Å². The second-order valence-electron chi connectivity index (χ2n) is 4.89. The number of hydrogen-bond acceptors (Lipinski definition) is 3. The molecule has 0 saturated carbocycles. The van der Waals surface area contributed by atoms with E-state index in [-0.39, 0.29) is 5.91 Å². The fourth-order valence-electron chi connectivity index (χ4n) is 1.82. The maximum atomic E-state index is 11.9. The van der Waals surface area contributed by atoms with Crippen molar-refractivity contribution in [3.63, 3.8) is 0 Å². The number of carbonyl (C=O) groups is 1. The number of aryl methyl sites for hydroxylation is 1. The van der Waals surface area contributed by atoms with E-state index in [9.17, 15) is 4.79 Å². The molecule has 0 unspecified atom stereocenters. The van der Waals surface area contributed by atoms with Crippen LogP contribution in [0.15, 0.2) is 46.9 Å². The molecule has 3 nitrogen and oxygen atoms in total. The minimum atomic E-state index is -0.0654. The van der Waals surface area contributed by atoms with Gasteiger partial charge in [0.05, 0.1) is 23.1 Å². The number of ether oxygens (including phenoxy) is 1. The number of nitrogens with one attached hydrogen (secondary N) is 1. The molecule has 0 aliphatic rings. The summed E-state index contributed by atoms with van der Waals surface area (Å²) in [6.07, 6.45) is 0. The number of carbonyl (C=O) groups excluding carboxylic acids is 1. The second-order valence-corrected chi connectivity index (χ2v) is 7.31. The van der Waals surface area contributed by atoms with E-state index in [2.05, 4.69) is 21.2 Å². The summed E-state index contributed by atoms with van der Waals surface area (Å²) in [6.45, 7) is 2.52. The Hall–Kier alpha value is -1.17. The molecule has 0 aliphatic heterocycles. The van der Waals surface area contributed by atoms with Gasteiger partial charge in [-0.05, 0) is 48.9 Å². The van der Waals surface area contributed by atoms with Crippen LogP contribution < -0.4 is 10.1 Å². The summed E-state index contributed by atoms with van der Waals surface area (Å²) in [5, 5.41) is 3.37. The number of rotatable bonds is 7. The summed E-state index contributed by atoms with van der Waals surface area (Å²) in [5.41, 5.74) is 1.71. The molecule has 6 heteroatoms. The van der Waals surface area contributed by atoms with Gasteiger partial charge in [-0.15, -0.1) is 11.8 Å². The van der Waals surface area contributed by atoms with E-state index < -0.39 is 0 Å². The zero-order valence-electron chi connectivity index (χ0n) is 12.6. The monoisotopic (exact) mass is 413 g/mol. The first-order chi connectivity index (χ1) is 11.0. The Balaban J connectivity index is 1.65. The lowest BCUT2D eigenvalue weighted by atomic mass is 10.2. The lowest BCUT2D eigenvalue weighted by Gasteiger charge is -2.08. The molecule has 1 N–H and O–H groups in total. The van der Waals surface area contributed by atoms with Crippen molar-refractivity contribution in [2.75, 3.05) is 23.4 Å². The molecule has 1 amide bonds. The molecule has 2 aromatic carbocycles. The van der Waals surface area contributed by atoms with E-state index in [0.717, 1.165) is 21.5 Å². The summed E-state index contributed by atoms with van der Waals surface area (Å²) in [7, 11) is 0. The van der Waals surface area contributed by atoms with Gasteiger partial charge in [-0.25, -0.2) is 0 Å². The summed E-state index contributed by atoms with van der Waals surface area (Å²) in [4.78, 5) is 11.9. The highest BCUT2D eigenvalue weighted by Crippen LogP contribution is 2.23. The number of anilines is 1. The number of halogens is 2. The first-order valence-corrected chi connectivity index (χ1v) is 9.39. The molecule has 0 saturated heterocycles. The molecule has 2 rings (SSSR count). The first kappa shape index (κ1) is 18.2. The Labute approximate surface area is 153 Å². The Kier molecular flexibility index (Phi) is 7.27. The lowest BCUT2D eigenvalue weighted by Crippen LogP contribution is -2.15. The standard InChI is InChI=1S/C17H17BrClNO2S/c1-12-2-7-16(15(19)10-12)20-17(21)11-23-9-8-22-14-5-3-13(18)4-6-14/h2-7,10H,8-9,11H2,1H3,(H,20,21). The fraction of sp³-hybridized carbons (Fsp3) is 0.235. The molecule has 0 atom stereocenters. The number of hydrogen-bond donors (Lipinski definition) is 1. The minimum absolute atomic E-state index is 0.0654. The Morgan fingerprint density at radius 3 is 2.70 bits per heavy atom. The van der Waals surface area contributed by atoms with Crippen LogP contribution in [0.5, 0.6) is 5.75 Å². The van der Waals surface area contributed by atoms with Crippen molar-refractivity contribution in [2.24, 2.45) is 0 Å². The van der Waals surface area contributed by atoms with E-state index in [1.54, 1.807) is 0 Å². The zero-order chi connectivity index (χ0) is 16.7. The van der Waals surface area contributed by atoms with Gasteiger partial charge in [0, 0.05) is 10.2 Å². The molecule has 23 heavy (non-hydrogen) atoms. The van der Waals surface area contributed by atoms with Crippen molar-refractivity contribution in [1.82, 2.24) is 0 Å². The predicted octanol–water partition coefficient (Wildman–Crippen LogP) is 5.16. The van der Waals surface area contributed by atoms with Gasteiger partial charge in [0.1, 0.15) is 5.75 Å². The predicted molar refractivity (Wildman–Crippen MR) is 102 cm³/mol. The first-order valence-electron chi connectivity index (χ1n) is 7.07. The normalized spacial score (nSPS) is 10.4. The summed E-state index contributed by atoms with van der Waals surface area (Å²) in [5.74, 6) is 1.87. The van der Waals surface area contributed by atoms with Gasteiger partial charge in [-0.1, -0.05) is 33.6 Å².